The summed E-state index contributed by atoms with van der Waals surface area (Å²) in [5.74, 6) is 0.925. The second-order valence-electron chi connectivity index (χ2n) is 5.24. The Bertz CT molecular complexity index is 629. The van der Waals surface area contributed by atoms with Gasteiger partial charge in [0, 0.05) is 31.4 Å². The molecular formula is C19H23NO. The summed E-state index contributed by atoms with van der Waals surface area (Å²) in [5.41, 5.74) is 4.76. The molecule has 0 aliphatic heterocycles. The van der Waals surface area contributed by atoms with Gasteiger partial charge in [-0.05, 0) is 37.1 Å². The Hall–Kier alpha value is -2.22. The van der Waals surface area contributed by atoms with Gasteiger partial charge in [-0.2, -0.15) is 0 Å². The summed E-state index contributed by atoms with van der Waals surface area (Å²) in [4.78, 5) is 2.08. The van der Waals surface area contributed by atoms with Crippen LogP contribution >= 0.6 is 0 Å². The molecule has 0 bridgehead atoms. The van der Waals surface area contributed by atoms with Gasteiger partial charge in [0.15, 0.2) is 0 Å². The van der Waals surface area contributed by atoms with E-state index in [0.717, 1.165) is 17.0 Å². The van der Waals surface area contributed by atoms with Crippen molar-refractivity contribution in [2.75, 3.05) is 25.6 Å². The number of aryl methyl sites for hydroxylation is 1. The molecule has 0 atom stereocenters. The molecule has 0 aliphatic carbocycles. The monoisotopic (exact) mass is 281 g/mol. The maximum Gasteiger partial charge on any atom is 0.128 e. The SMILES string of the molecule is CCOc1cc(N(C)C)ccc1C=Cc1ccccc1C. The molecule has 0 spiro atoms. The summed E-state index contributed by atoms with van der Waals surface area (Å²) in [7, 11) is 4.07. The minimum absolute atomic E-state index is 0.669. The molecule has 0 unspecified atom stereocenters. The number of rotatable bonds is 5. The van der Waals surface area contributed by atoms with Crippen molar-refractivity contribution in [2.24, 2.45) is 0 Å². The number of hydrogen-bond acceptors (Lipinski definition) is 2. The van der Waals surface area contributed by atoms with E-state index in [0.29, 0.717) is 6.61 Å². The fourth-order valence-corrected chi connectivity index (χ4v) is 2.17. The summed E-state index contributed by atoms with van der Waals surface area (Å²) in [6.45, 7) is 4.80. The van der Waals surface area contributed by atoms with Crippen LogP contribution in [0.25, 0.3) is 12.2 Å². The number of ether oxygens (including phenoxy) is 1. The van der Waals surface area contributed by atoms with Crippen LogP contribution in [-0.2, 0) is 0 Å². The predicted octanol–water partition coefficient (Wildman–Crippen LogP) is 4.63. The van der Waals surface area contributed by atoms with Gasteiger partial charge in [-0.3, -0.25) is 0 Å². The lowest BCUT2D eigenvalue weighted by Crippen LogP contribution is -2.09. The fraction of sp³-hybridized carbons (Fsp3) is 0.263. The third-order valence-electron chi connectivity index (χ3n) is 3.44. The normalized spacial score (nSPS) is 10.9. The molecule has 0 saturated heterocycles. The molecule has 0 aliphatic rings. The number of nitrogens with zero attached hydrogens (tertiary/aromatic N) is 1. The Kier molecular flexibility index (Phi) is 5.04. The van der Waals surface area contributed by atoms with Gasteiger partial charge in [-0.25, -0.2) is 0 Å². The van der Waals surface area contributed by atoms with Gasteiger partial charge in [0.1, 0.15) is 5.75 Å². The summed E-state index contributed by atoms with van der Waals surface area (Å²) in [6.07, 6.45) is 4.26. The van der Waals surface area contributed by atoms with Crippen LogP contribution in [0.4, 0.5) is 5.69 Å². The maximum atomic E-state index is 5.77. The highest BCUT2D eigenvalue weighted by molar-refractivity contribution is 5.75. The standard InChI is InChI=1S/C19H23NO/c1-5-21-19-14-18(20(3)4)13-12-17(19)11-10-16-9-7-6-8-15(16)2/h6-14H,5H2,1-4H3. The molecular weight excluding hydrogens is 258 g/mol. The lowest BCUT2D eigenvalue weighted by Gasteiger charge is -2.15. The highest BCUT2D eigenvalue weighted by atomic mass is 16.5. The molecule has 0 N–H and O–H groups in total. The first-order valence-electron chi connectivity index (χ1n) is 7.29. The van der Waals surface area contributed by atoms with Gasteiger partial charge < -0.3 is 9.64 Å². The summed E-state index contributed by atoms with van der Waals surface area (Å²) >= 11 is 0. The van der Waals surface area contributed by atoms with Crippen molar-refractivity contribution in [3.8, 4) is 5.75 Å². The van der Waals surface area contributed by atoms with E-state index in [2.05, 4.69) is 66.4 Å². The largest absolute Gasteiger partial charge is 0.493 e. The van der Waals surface area contributed by atoms with Gasteiger partial charge in [-0.1, -0.05) is 36.4 Å². The van der Waals surface area contributed by atoms with E-state index in [1.807, 2.05) is 21.0 Å². The third-order valence-corrected chi connectivity index (χ3v) is 3.44. The number of hydrogen-bond donors (Lipinski definition) is 0. The van der Waals surface area contributed by atoms with E-state index >= 15 is 0 Å². The van der Waals surface area contributed by atoms with Crippen molar-refractivity contribution in [2.45, 2.75) is 13.8 Å². The molecule has 2 nitrogen and oxygen atoms in total. The minimum atomic E-state index is 0.669. The smallest absolute Gasteiger partial charge is 0.128 e. The average Bonchev–Trinajstić information content (AvgIpc) is 2.47. The van der Waals surface area contributed by atoms with Gasteiger partial charge in [-0.15, -0.1) is 0 Å². The van der Waals surface area contributed by atoms with E-state index in [-0.39, 0.29) is 0 Å². The lowest BCUT2D eigenvalue weighted by atomic mass is 10.1. The highest BCUT2D eigenvalue weighted by Gasteiger charge is 2.04. The predicted molar refractivity (Wildman–Crippen MR) is 92.0 cm³/mol. The molecule has 110 valence electrons. The summed E-state index contributed by atoms with van der Waals surface area (Å²) < 4.78 is 5.77. The van der Waals surface area contributed by atoms with Crippen LogP contribution in [0.1, 0.15) is 23.6 Å². The van der Waals surface area contributed by atoms with Gasteiger partial charge in [0.05, 0.1) is 6.61 Å². The van der Waals surface area contributed by atoms with Crippen LogP contribution in [0.15, 0.2) is 42.5 Å². The Morgan fingerprint density at radius 2 is 1.71 bits per heavy atom. The zero-order valence-electron chi connectivity index (χ0n) is 13.3. The Morgan fingerprint density at radius 1 is 1.00 bits per heavy atom. The number of anilines is 1. The molecule has 0 radical (unpaired) electrons. The van der Waals surface area contributed by atoms with Crippen LogP contribution in [0, 0.1) is 6.92 Å². The van der Waals surface area contributed by atoms with E-state index in [4.69, 9.17) is 4.74 Å². The van der Waals surface area contributed by atoms with E-state index in [1.165, 1.54) is 11.1 Å². The Labute approximate surface area is 127 Å². The third kappa shape index (κ3) is 3.88. The van der Waals surface area contributed by atoms with Crippen molar-refractivity contribution in [1.29, 1.82) is 0 Å². The molecule has 2 heteroatoms. The first kappa shape index (κ1) is 15.2. The summed E-state index contributed by atoms with van der Waals surface area (Å²) in [6, 6.07) is 14.7. The number of benzene rings is 2. The molecule has 0 amide bonds. The summed E-state index contributed by atoms with van der Waals surface area (Å²) in [5, 5.41) is 0. The first-order chi connectivity index (χ1) is 10.1. The molecule has 2 rings (SSSR count). The van der Waals surface area contributed by atoms with Crippen molar-refractivity contribution in [3.05, 3.63) is 59.2 Å². The van der Waals surface area contributed by atoms with Crippen molar-refractivity contribution < 1.29 is 4.74 Å². The van der Waals surface area contributed by atoms with Crippen LogP contribution < -0.4 is 9.64 Å². The molecule has 0 fully saturated rings. The quantitative estimate of drug-likeness (QED) is 0.741. The van der Waals surface area contributed by atoms with Crippen LogP contribution in [-0.4, -0.2) is 20.7 Å². The van der Waals surface area contributed by atoms with Gasteiger partial charge >= 0.3 is 0 Å². The van der Waals surface area contributed by atoms with Crippen LogP contribution in [0.3, 0.4) is 0 Å². The zero-order valence-corrected chi connectivity index (χ0v) is 13.3. The first-order valence-corrected chi connectivity index (χ1v) is 7.29. The average molecular weight is 281 g/mol. The molecule has 0 saturated carbocycles. The van der Waals surface area contributed by atoms with Gasteiger partial charge in [0.25, 0.3) is 0 Å². The van der Waals surface area contributed by atoms with Crippen LogP contribution in [0.2, 0.25) is 0 Å². The molecule has 0 aromatic heterocycles. The minimum Gasteiger partial charge on any atom is -0.493 e. The molecule has 2 aromatic rings. The zero-order chi connectivity index (χ0) is 15.2. The topological polar surface area (TPSA) is 12.5 Å². The molecule has 2 aromatic carbocycles. The second-order valence-corrected chi connectivity index (χ2v) is 5.24. The van der Waals surface area contributed by atoms with Crippen molar-refractivity contribution in [3.63, 3.8) is 0 Å². The molecule has 21 heavy (non-hydrogen) atoms. The van der Waals surface area contributed by atoms with Crippen molar-refractivity contribution in [1.82, 2.24) is 0 Å². The van der Waals surface area contributed by atoms with E-state index < -0.39 is 0 Å². The van der Waals surface area contributed by atoms with Gasteiger partial charge in [0.2, 0.25) is 0 Å². The second kappa shape index (κ2) is 6.98. The Morgan fingerprint density at radius 3 is 2.38 bits per heavy atom. The van der Waals surface area contributed by atoms with E-state index in [1.54, 1.807) is 0 Å². The lowest BCUT2D eigenvalue weighted by molar-refractivity contribution is 0.339. The Balaban J connectivity index is 2.33. The maximum absolute atomic E-state index is 5.77. The van der Waals surface area contributed by atoms with Crippen LogP contribution in [0.5, 0.6) is 5.75 Å². The highest BCUT2D eigenvalue weighted by Crippen LogP contribution is 2.27. The van der Waals surface area contributed by atoms with Crippen molar-refractivity contribution >= 4 is 17.8 Å². The molecule has 0 heterocycles. The fourth-order valence-electron chi connectivity index (χ4n) is 2.17. The van der Waals surface area contributed by atoms with E-state index in [9.17, 15) is 0 Å².